The Morgan fingerprint density at radius 2 is 1.91 bits per heavy atom. The van der Waals surface area contributed by atoms with Crippen LogP contribution in [0.3, 0.4) is 0 Å². The third-order valence-corrected chi connectivity index (χ3v) is 7.18. The molecule has 0 aromatic carbocycles. The van der Waals surface area contributed by atoms with Crippen molar-refractivity contribution in [2.24, 2.45) is 28.4 Å². The van der Waals surface area contributed by atoms with Gasteiger partial charge in [0.05, 0.1) is 12.2 Å². The molecule has 0 aliphatic heterocycles. The highest BCUT2D eigenvalue weighted by Gasteiger charge is 2.56. The van der Waals surface area contributed by atoms with Crippen LogP contribution in [-0.4, -0.2) is 22.4 Å². The van der Waals surface area contributed by atoms with E-state index in [9.17, 15) is 10.2 Å². The highest BCUT2D eigenvalue weighted by molar-refractivity contribution is 5.46. The summed E-state index contributed by atoms with van der Waals surface area (Å²) in [6.07, 6.45) is 10.5. The van der Waals surface area contributed by atoms with Crippen LogP contribution >= 0.6 is 0 Å². The molecule has 0 radical (unpaired) electrons. The molecule has 0 aromatic rings. The van der Waals surface area contributed by atoms with Gasteiger partial charge in [0.1, 0.15) is 0 Å². The molecule has 2 unspecified atom stereocenters. The Hall–Kier alpha value is -1.06. The summed E-state index contributed by atoms with van der Waals surface area (Å²) >= 11 is 0. The Balaban J connectivity index is 1.83. The second kappa shape index (κ2) is 4.48. The van der Waals surface area contributed by atoms with Gasteiger partial charge in [0, 0.05) is 16.5 Å². The van der Waals surface area contributed by atoms with Crippen LogP contribution in [-0.2, 0) is 0 Å². The van der Waals surface area contributed by atoms with Gasteiger partial charge in [-0.25, -0.2) is 0 Å². The molecule has 2 saturated carbocycles. The van der Waals surface area contributed by atoms with Gasteiger partial charge in [-0.05, 0) is 55.6 Å². The smallest absolute Gasteiger partial charge is 0.0758 e. The van der Waals surface area contributed by atoms with E-state index < -0.39 is 0 Å². The molecule has 0 aromatic heterocycles. The van der Waals surface area contributed by atoms with Crippen LogP contribution in [0, 0.1) is 22.7 Å². The molecule has 4 aliphatic carbocycles. The maximum absolute atomic E-state index is 10.5. The van der Waals surface area contributed by atoms with Gasteiger partial charge in [0.2, 0.25) is 0 Å². The highest BCUT2D eigenvalue weighted by Crippen LogP contribution is 2.62. The van der Waals surface area contributed by atoms with Crippen LogP contribution in [0.1, 0.15) is 46.0 Å². The number of rotatable bonds is 0. The molecule has 22 heavy (non-hydrogen) atoms. The summed E-state index contributed by atoms with van der Waals surface area (Å²) in [6.45, 7) is 4.54. The number of allylic oxidation sites excluding steroid dienone is 3. The number of aliphatic hydroxyl groups excluding tert-OH is 2. The lowest BCUT2D eigenvalue weighted by atomic mass is 9.52. The van der Waals surface area contributed by atoms with Crippen LogP contribution < -0.4 is 5.73 Å². The fourth-order valence-corrected chi connectivity index (χ4v) is 5.70. The summed E-state index contributed by atoms with van der Waals surface area (Å²) in [4.78, 5) is 0. The predicted octanol–water partition coefficient (Wildman–Crippen LogP) is 2.65. The quantitative estimate of drug-likeness (QED) is 0.603. The normalized spacial score (nSPS) is 50.3. The monoisotopic (exact) mass is 301 g/mol. The van der Waals surface area contributed by atoms with E-state index in [1.54, 1.807) is 0 Å². The van der Waals surface area contributed by atoms with Gasteiger partial charge in [-0.2, -0.15) is 0 Å². The van der Waals surface area contributed by atoms with Crippen LogP contribution in [0.2, 0.25) is 0 Å². The molecule has 4 rings (SSSR count). The zero-order chi connectivity index (χ0) is 15.7. The molecular weight excluding hydrogens is 274 g/mol. The van der Waals surface area contributed by atoms with E-state index in [4.69, 9.17) is 5.73 Å². The van der Waals surface area contributed by atoms with E-state index in [2.05, 4.69) is 26.0 Å². The van der Waals surface area contributed by atoms with Crippen LogP contribution in [0.25, 0.3) is 0 Å². The molecule has 120 valence electrons. The number of nitrogens with two attached hydrogens (primary N) is 1. The van der Waals surface area contributed by atoms with Crippen molar-refractivity contribution in [2.75, 3.05) is 0 Å². The van der Waals surface area contributed by atoms with Crippen molar-refractivity contribution in [1.29, 1.82) is 0 Å². The average Bonchev–Trinajstić information content (AvgIpc) is 2.77. The van der Waals surface area contributed by atoms with Crippen molar-refractivity contribution in [3.8, 4) is 0 Å². The Bertz CT molecular complexity index is 605. The molecule has 3 nitrogen and oxygen atoms in total. The minimum absolute atomic E-state index is 0.00392. The van der Waals surface area contributed by atoms with Crippen molar-refractivity contribution in [3.05, 3.63) is 35.1 Å². The average molecular weight is 301 g/mol. The number of fused-ring (bicyclic) bond motifs is 5. The number of hydrogen-bond acceptors (Lipinski definition) is 3. The third-order valence-electron chi connectivity index (χ3n) is 7.18. The van der Waals surface area contributed by atoms with Crippen LogP contribution in [0.15, 0.2) is 35.1 Å². The Labute approximate surface area is 132 Å². The topological polar surface area (TPSA) is 66.5 Å². The van der Waals surface area contributed by atoms with Crippen molar-refractivity contribution in [2.45, 2.75) is 58.2 Å². The van der Waals surface area contributed by atoms with Gasteiger partial charge < -0.3 is 15.9 Å². The summed E-state index contributed by atoms with van der Waals surface area (Å²) < 4.78 is 0. The molecule has 0 heterocycles. The molecule has 3 heteroatoms. The highest BCUT2D eigenvalue weighted by atomic mass is 16.3. The van der Waals surface area contributed by atoms with Gasteiger partial charge in [0.15, 0.2) is 0 Å². The second-order valence-corrected chi connectivity index (χ2v) is 8.24. The lowest BCUT2D eigenvalue weighted by molar-refractivity contribution is 0.0121. The van der Waals surface area contributed by atoms with E-state index >= 15 is 0 Å². The zero-order valence-corrected chi connectivity index (χ0v) is 13.5. The standard InChI is InChI=1S/C19H27NO2/c1-18-7-5-12(21)9-11(18)10-15(20)17-13-3-4-16(22)19(13,2)8-6-14(17)18/h5,7,10,12-14,16,21-22H,3-4,6,8-9,20H2,1-2H3/t12?,13-,14+,16?,18-,19-/m0/s1. The van der Waals surface area contributed by atoms with Crippen molar-refractivity contribution < 1.29 is 10.2 Å². The van der Waals surface area contributed by atoms with Gasteiger partial charge in [-0.3, -0.25) is 0 Å². The lowest BCUT2D eigenvalue weighted by Crippen LogP contribution is -2.47. The van der Waals surface area contributed by atoms with Crippen molar-refractivity contribution >= 4 is 0 Å². The van der Waals surface area contributed by atoms with Gasteiger partial charge in [-0.1, -0.05) is 31.6 Å². The minimum Gasteiger partial charge on any atom is -0.399 e. The first-order valence-corrected chi connectivity index (χ1v) is 8.62. The molecular formula is C19H27NO2. The van der Waals surface area contributed by atoms with Gasteiger partial charge in [-0.15, -0.1) is 0 Å². The fourth-order valence-electron chi connectivity index (χ4n) is 5.70. The minimum atomic E-state index is -0.379. The Morgan fingerprint density at radius 3 is 2.68 bits per heavy atom. The molecule has 4 N–H and O–H groups in total. The molecule has 6 atom stereocenters. The van der Waals surface area contributed by atoms with Crippen molar-refractivity contribution in [3.63, 3.8) is 0 Å². The van der Waals surface area contributed by atoms with E-state index in [0.29, 0.717) is 18.3 Å². The maximum atomic E-state index is 10.5. The molecule has 0 amide bonds. The van der Waals surface area contributed by atoms with Gasteiger partial charge in [0.25, 0.3) is 0 Å². The van der Waals surface area contributed by atoms with E-state index in [-0.39, 0.29) is 23.0 Å². The molecule has 0 saturated heterocycles. The first-order chi connectivity index (χ1) is 10.4. The predicted molar refractivity (Wildman–Crippen MR) is 86.7 cm³/mol. The summed E-state index contributed by atoms with van der Waals surface area (Å²) in [5, 5.41) is 20.4. The van der Waals surface area contributed by atoms with Crippen molar-refractivity contribution in [1.82, 2.24) is 0 Å². The summed E-state index contributed by atoms with van der Waals surface area (Å²) in [5.41, 5.74) is 10.0. The first-order valence-electron chi connectivity index (χ1n) is 8.62. The second-order valence-electron chi connectivity index (χ2n) is 8.24. The summed E-state index contributed by atoms with van der Waals surface area (Å²) in [6, 6.07) is 0. The molecule has 0 spiro atoms. The maximum Gasteiger partial charge on any atom is 0.0758 e. The third kappa shape index (κ3) is 1.70. The summed E-state index contributed by atoms with van der Waals surface area (Å²) in [7, 11) is 0. The Kier molecular flexibility index (Phi) is 2.96. The van der Waals surface area contributed by atoms with E-state index in [1.165, 1.54) is 11.1 Å². The first kappa shape index (κ1) is 14.5. The van der Waals surface area contributed by atoms with Crippen LogP contribution in [0.5, 0.6) is 0 Å². The molecule has 4 aliphatic rings. The summed E-state index contributed by atoms with van der Waals surface area (Å²) in [5.74, 6) is 0.843. The molecule has 0 bridgehead atoms. The van der Waals surface area contributed by atoms with Crippen LogP contribution in [0.4, 0.5) is 0 Å². The largest absolute Gasteiger partial charge is 0.399 e. The number of aliphatic hydroxyl groups is 2. The fraction of sp³-hybridized carbons (Fsp3) is 0.684. The lowest BCUT2D eigenvalue weighted by Gasteiger charge is -2.53. The van der Waals surface area contributed by atoms with Gasteiger partial charge >= 0.3 is 0 Å². The Morgan fingerprint density at radius 1 is 1.14 bits per heavy atom. The van der Waals surface area contributed by atoms with E-state index in [0.717, 1.165) is 31.4 Å². The zero-order valence-electron chi connectivity index (χ0n) is 13.5. The molecule has 2 fully saturated rings. The van der Waals surface area contributed by atoms with E-state index in [1.807, 2.05) is 6.08 Å². The number of hydrogen-bond donors (Lipinski definition) is 3. The SMILES string of the molecule is C[C@]12C=CC(O)CC1=CC(N)=C1[C@H]2CC[C@]2(C)C(O)CC[C@@H]12.